The summed E-state index contributed by atoms with van der Waals surface area (Å²) in [5.41, 5.74) is 2.91. The van der Waals surface area contributed by atoms with Crippen LogP contribution in [0.25, 0.3) is 11.4 Å². The molecule has 0 N–H and O–H groups in total. The van der Waals surface area contributed by atoms with Crippen molar-refractivity contribution in [3.63, 3.8) is 0 Å². The Kier molecular flexibility index (Phi) is 3.19. The molecular weight excluding hydrogens is 242 g/mol. The highest BCUT2D eigenvalue weighted by Gasteiger charge is 2.09. The fourth-order valence-electron chi connectivity index (χ4n) is 1.64. The van der Waals surface area contributed by atoms with Crippen molar-refractivity contribution in [3.8, 4) is 11.4 Å². The molecule has 0 unspecified atom stereocenters. The van der Waals surface area contributed by atoms with E-state index in [9.17, 15) is 0 Å². The van der Waals surface area contributed by atoms with Crippen molar-refractivity contribution in [1.29, 1.82) is 0 Å². The maximum absolute atomic E-state index is 4.49. The third kappa shape index (κ3) is 2.49. The zero-order valence-corrected chi connectivity index (χ0v) is 10.5. The third-order valence-electron chi connectivity index (χ3n) is 2.50. The second-order valence-electron chi connectivity index (χ2n) is 3.80. The first kappa shape index (κ1) is 11.2. The second kappa shape index (κ2) is 5.14. The maximum Gasteiger partial charge on any atom is 0.189 e. The van der Waals surface area contributed by atoms with Gasteiger partial charge in [0.25, 0.3) is 0 Å². The van der Waals surface area contributed by atoms with Crippen molar-refractivity contribution in [2.75, 3.05) is 0 Å². The first-order chi connectivity index (χ1) is 8.92. The molecule has 18 heavy (non-hydrogen) atoms. The first-order valence-corrected chi connectivity index (χ1v) is 6.66. The van der Waals surface area contributed by atoms with E-state index in [1.54, 1.807) is 18.0 Å². The fraction of sp³-hybridized carbons (Fsp3) is 0.0714. The summed E-state index contributed by atoms with van der Waals surface area (Å²) in [7, 11) is 0. The quantitative estimate of drug-likeness (QED) is 0.671. The number of pyridine rings is 1. The molecule has 0 saturated heterocycles. The van der Waals surface area contributed by atoms with E-state index >= 15 is 0 Å². The van der Waals surface area contributed by atoms with Crippen LogP contribution in [-0.2, 0) is 5.75 Å². The van der Waals surface area contributed by atoms with Crippen molar-refractivity contribution < 1.29 is 0 Å². The van der Waals surface area contributed by atoms with Gasteiger partial charge in [-0.3, -0.25) is 4.98 Å². The van der Waals surface area contributed by atoms with Crippen molar-refractivity contribution >= 4 is 11.8 Å². The molecule has 0 amide bonds. The van der Waals surface area contributed by atoms with Crippen LogP contribution in [-0.4, -0.2) is 15.0 Å². The Hall–Kier alpha value is -1.94. The van der Waals surface area contributed by atoms with Gasteiger partial charge in [-0.25, -0.2) is 9.97 Å². The lowest BCUT2D eigenvalue weighted by Crippen LogP contribution is -1.84. The molecular formula is C14H11N3S. The van der Waals surface area contributed by atoms with Gasteiger partial charge in [0.05, 0.1) is 17.1 Å². The standard InChI is InChI=1S/C14H11N3S/c1-2-7-12-13(8-3-1)17-14(16-12)18-10-11-6-4-5-9-15-11/h1-9H,10H2. The van der Waals surface area contributed by atoms with Gasteiger partial charge in [0.1, 0.15) is 0 Å². The number of rotatable bonds is 3. The molecule has 2 aliphatic rings. The summed E-state index contributed by atoms with van der Waals surface area (Å²) < 4.78 is 0. The van der Waals surface area contributed by atoms with Gasteiger partial charge >= 0.3 is 0 Å². The van der Waals surface area contributed by atoms with Crippen LogP contribution in [0.3, 0.4) is 0 Å². The van der Waals surface area contributed by atoms with Crippen molar-refractivity contribution in [1.82, 2.24) is 15.0 Å². The van der Waals surface area contributed by atoms with Crippen LogP contribution < -0.4 is 0 Å². The van der Waals surface area contributed by atoms with Gasteiger partial charge in [0.15, 0.2) is 5.16 Å². The number of fused-ring (bicyclic) bond motifs is 1. The Balaban J connectivity index is 1.78. The van der Waals surface area contributed by atoms with Gasteiger partial charge in [-0.2, -0.15) is 0 Å². The highest BCUT2D eigenvalue weighted by Crippen LogP contribution is 2.25. The molecule has 0 spiro atoms. The topological polar surface area (TPSA) is 38.7 Å². The van der Waals surface area contributed by atoms with Crippen LogP contribution in [0.2, 0.25) is 0 Å². The van der Waals surface area contributed by atoms with Crippen LogP contribution in [0.15, 0.2) is 59.9 Å². The summed E-state index contributed by atoms with van der Waals surface area (Å²) in [6, 6.07) is 15.8. The normalized spacial score (nSPS) is 10.7. The molecule has 0 radical (unpaired) electrons. The largest absolute Gasteiger partial charge is 0.260 e. The number of thioether (sulfide) groups is 1. The molecule has 0 bridgehead atoms. The molecule has 0 saturated carbocycles. The minimum Gasteiger partial charge on any atom is -0.260 e. The van der Waals surface area contributed by atoms with Crippen molar-refractivity contribution in [3.05, 3.63) is 60.4 Å². The second-order valence-corrected chi connectivity index (χ2v) is 4.74. The molecule has 88 valence electrons. The zero-order chi connectivity index (χ0) is 12.2. The monoisotopic (exact) mass is 253 g/mol. The predicted octanol–water partition coefficient (Wildman–Crippen LogP) is 3.27. The molecule has 1 aromatic heterocycles. The number of aromatic nitrogens is 3. The molecule has 0 fully saturated rings. The molecule has 3 rings (SSSR count). The lowest BCUT2D eigenvalue weighted by molar-refractivity contribution is 1.06. The van der Waals surface area contributed by atoms with Gasteiger partial charge < -0.3 is 0 Å². The van der Waals surface area contributed by atoms with Crippen molar-refractivity contribution in [2.24, 2.45) is 0 Å². The average Bonchev–Trinajstić information content (AvgIpc) is 2.68. The molecule has 4 heteroatoms. The Morgan fingerprint density at radius 2 is 1.56 bits per heavy atom. The third-order valence-corrected chi connectivity index (χ3v) is 3.38. The Labute approximate surface area is 110 Å². The number of nitrogens with zero attached hydrogens (tertiary/aromatic N) is 3. The Morgan fingerprint density at radius 1 is 0.833 bits per heavy atom. The van der Waals surface area contributed by atoms with Crippen LogP contribution >= 0.6 is 11.8 Å². The summed E-state index contributed by atoms with van der Waals surface area (Å²) in [6.07, 6.45) is 1.80. The number of hydrogen-bond acceptors (Lipinski definition) is 4. The number of hydrogen-bond donors (Lipinski definition) is 0. The van der Waals surface area contributed by atoms with Gasteiger partial charge in [0.2, 0.25) is 0 Å². The predicted molar refractivity (Wildman–Crippen MR) is 72.5 cm³/mol. The molecule has 1 aromatic rings. The van der Waals surface area contributed by atoms with E-state index < -0.39 is 0 Å². The fourth-order valence-corrected chi connectivity index (χ4v) is 2.41. The minimum absolute atomic E-state index is 0.795. The first-order valence-electron chi connectivity index (χ1n) is 5.67. The number of imidazole rings is 1. The highest BCUT2D eigenvalue weighted by molar-refractivity contribution is 7.98. The SMILES string of the molecule is c1ccc2nc(SCc3ccccn3)nc-2cc1. The summed E-state index contributed by atoms with van der Waals surface area (Å²) in [5, 5.41) is 0.807. The van der Waals surface area contributed by atoms with E-state index in [0.717, 1.165) is 28.0 Å². The summed E-state index contributed by atoms with van der Waals surface area (Å²) in [5.74, 6) is 0.795. The van der Waals surface area contributed by atoms with E-state index in [2.05, 4.69) is 15.0 Å². The van der Waals surface area contributed by atoms with Crippen LogP contribution in [0.5, 0.6) is 0 Å². The molecule has 1 aliphatic carbocycles. The van der Waals surface area contributed by atoms with E-state index in [1.807, 2.05) is 48.5 Å². The van der Waals surface area contributed by atoms with E-state index in [4.69, 9.17) is 0 Å². The van der Waals surface area contributed by atoms with Gasteiger partial charge in [0, 0.05) is 11.9 Å². The zero-order valence-electron chi connectivity index (χ0n) is 9.65. The van der Waals surface area contributed by atoms with Crippen molar-refractivity contribution in [2.45, 2.75) is 10.9 Å². The van der Waals surface area contributed by atoms with Gasteiger partial charge in [-0.1, -0.05) is 36.0 Å². The minimum atomic E-state index is 0.795. The highest BCUT2D eigenvalue weighted by atomic mass is 32.2. The molecule has 3 nitrogen and oxygen atoms in total. The van der Waals surface area contributed by atoms with Crippen LogP contribution in [0.1, 0.15) is 5.69 Å². The van der Waals surface area contributed by atoms with Crippen LogP contribution in [0.4, 0.5) is 0 Å². The smallest absolute Gasteiger partial charge is 0.189 e. The van der Waals surface area contributed by atoms with Gasteiger partial charge in [-0.15, -0.1) is 0 Å². The van der Waals surface area contributed by atoms with E-state index in [-0.39, 0.29) is 0 Å². The molecule has 1 aliphatic heterocycles. The van der Waals surface area contributed by atoms with Gasteiger partial charge in [-0.05, 0) is 24.3 Å². The Bertz CT molecular complexity index is 582. The molecule has 0 aromatic carbocycles. The molecule has 0 atom stereocenters. The lowest BCUT2D eigenvalue weighted by atomic mass is 10.3. The maximum atomic E-state index is 4.49. The van der Waals surface area contributed by atoms with Crippen LogP contribution in [0, 0.1) is 0 Å². The molecule has 2 heterocycles. The summed E-state index contributed by atoms with van der Waals surface area (Å²) in [6.45, 7) is 0. The van der Waals surface area contributed by atoms with E-state index in [1.165, 1.54) is 0 Å². The Morgan fingerprint density at radius 3 is 2.22 bits per heavy atom. The van der Waals surface area contributed by atoms with E-state index in [0.29, 0.717) is 0 Å². The average molecular weight is 253 g/mol. The lowest BCUT2D eigenvalue weighted by Gasteiger charge is -1.95. The summed E-state index contributed by atoms with van der Waals surface area (Å²) in [4.78, 5) is 13.3. The summed E-state index contributed by atoms with van der Waals surface area (Å²) >= 11 is 1.61.